The normalized spacial score (nSPS) is 17.8. The Morgan fingerprint density at radius 2 is 1.46 bits per heavy atom. The quantitative estimate of drug-likeness (QED) is 0.541. The van der Waals surface area contributed by atoms with Gasteiger partial charge >= 0.3 is 38.0 Å². The number of carbonyl (C=O) groups is 2. The number of hydrogen-bond donors (Lipinski definition) is 4. The molecule has 0 amide bonds. The fourth-order valence-corrected chi connectivity index (χ4v) is 1.05. The summed E-state index contributed by atoms with van der Waals surface area (Å²) in [6.07, 6.45) is 1.26. The van der Waals surface area contributed by atoms with Crippen LogP contribution in [0.3, 0.4) is 0 Å². The topological polar surface area (TPSA) is 122 Å². The molecule has 0 radical (unpaired) electrons. The van der Waals surface area contributed by atoms with Gasteiger partial charge in [-0.1, -0.05) is 0 Å². The molecule has 1 fully saturated rings. The Bertz CT molecular complexity index is 239. The van der Waals surface area contributed by atoms with Crippen LogP contribution < -0.4 is 0 Å². The molecular weight excluding hydrogens is 359 g/mol. The summed E-state index contributed by atoms with van der Waals surface area (Å²) in [5.41, 5.74) is -1.44. The van der Waals surface area contributed by atoms with E-state index in [9.17, 15) is 9.59 Å². The van der Waals surface area contributed by atoms with Gasteiger partial charge in [0.25, 0.3) is 0 Å². The molecule has 0 unspecified atom stereocenters. The number of carboxylic acid groups (broad SMARTS) is 2. The van der Waals surface area contributed by atoms with Gasteiger partial charge in [0.2, 0.25) is 0 Å². The molecule has 7 heteroatoms. The third-order valence-corrected chi connectivity index (χ3v) is 2.03. The van der Waals surface area contributed by atoms with Crippen molar-refractivity contribution in [3.8, 4) is 0 Å². The van der Waals surface area contributed by atoms with E-state index in [2.05, 4.69) is 0 Å². The van der Waals surface area contributed by atoms with Gasteiger partial charge in [-0.05, 0) is 19.3 Å². The van der Waals surface area contributed by atoms with Crippen molar-refractivity contribution in [3.05, 3.63) is 0 Å². The molecule has 0 atom stereocenters. The standard InChI is InChI=1S/C6H8O4.2HN.Pt/c7-4(8)6(5(9)10)2-1-3-6;;;/h1-3H2,(H,7,8)(H,9,10);2*1H;. The summed E-state index contributed by atoms with van der Waals surface area (Å²) in [6.45, 7) is 0. The van der Waals surface area contributed by atoms with Gasteiger partial charge in [0.1, 0.15) is 0 Å². The second-order valence-corrected chi connectivity index (χ2v) is 3.19. The molecule has 0 aliphatic heterocycles. The van der Waals surface area contributed by atoms with Gasteiger partial charge in [-0.3, -0.25) is 9.59 Å². The first-order chi connectivity index (χ1) is 6.01. The van der Waals surface area contributed by atoms with Crippen molar-refractivity contribution >= 4 is 11.9 Å². The monoisotopic (exact) mass is 369 g/mol. The molecule has 0 spiro atoms. The summed E-state index contributed by atoms with van der Waals surface area (Å²) < 4.78 is 12.0. The van der Waals surface area contributed by atoms with Crippen LogP contribution in [-0.4, -0.2) is 22.2 Å². The van der Waals surface area contributed by atoms with Crippen LogP contribution in [0.1, 0.15) is 19.3 Å². The number of aliphatic carboxylic acids is 2. The summed E-state index contributed by atoms with van der Waals surface area (Å²) in [7, 11) is 0. The van der Waals surface area contributed by atoms with Gasteiger partial charge in [0, 0.05) is 0 Å². The Labute approximate surface area is 82.8 Å². The third-order valence-electron chi connectivity index (χ3n) is 2.03. The third kappa shape index (κ3) is 2.59. The molecule has 0 aromatic rings. The molecule has 6 nitrogen and oxygen atoms in total. The second-order valence-electron chi connectivity index (χ2n) is 2.63. The summed E-state index contributed by atoms with van der Waals surface area (Å²) in [4.78, 5) is 20.7. The van der Waals surface area contributed by atoms with Crippen molar-refractivity contribution in [1.82, 2.24) is 0 Å². The van der Waals surface area contributed by atoms with Gasteiger partial charge in [0.05, 0.1) is 0 Å². The van der Waals surface area contributed by atoms with Crippen LogP contribution in [0.5, 0.6) is 0 Å². The maximum absolute atomic E-state index is 10.4. The van der Waals surface area contributed by atoms with E-state index in [-0.39, 0.29) is 12.8 Å². The van der Waals surface area contributed by atoms with Crippen molar-refractivity contribution in [3.63, 3.8) is 0 Å². The zero-order valence-electron chi connectivity index (χ0n) is 6.65. The predicted octanol–water partition coefficient (Wildman–Crippen LogP) is 0.920. The van der Waals surface area contributed by atoms with Crippen LogP contribution in [0, 0.1) is 13.2 Å². The fraction of sp³-hybridized carbons (Fsp3) is 0.667. The number of rotatable bonds is 2. The maximum atomic E-state index is 10.4. The van der Waals surface area contributed by atoms with E-state index in [1.807, 2.05) is 0 Å². The Morgan fingerprint density at radius 3 is 1.46 bits per heavy atom. The van der Waals surface area contributed by atoms with Crippen molar-refractivity contribution in [1.29, 1.82) is 7.82 Å². The van der Waals surface area contributed by atoms with E-state index in [0.717, 1.165) is 0 Å². The molecule has 0 saturated heterocycles. The van der Waals surface area contributed by atoms with E-state index in [4.69, 9.17) is 18.0 Å². The van der Waals surface area contributed by atoms with Gasteiger partial charge in [-0.15, -0.1) is 0 Å². The average molecular weight is 369 g/mol. The molecule has 0 aromatic carbocycles. The zero-order chi connectivity index (χ0) is 10.5. The Kier molecular flexibility index (Phi) is 4.76. The van der Waals surface area contributed by atoms with Crippen LogP contribution >= 0.6 is 0 Å². The van der Waals surface area contributed by atoms with Gasteiger partial charge in [0.15, 0.2) is 5.41 Å². The zero-order valence-corrected chi connectivity index (χ0v) is 8.92. The molecular formula is C6H10N2O4Pt. The van der Waals surface area contributed by atoms with E-state index < -0.39 is 35.6 Å². The first-order valence-electron chi connectivity index (χ1n) is 3.38. The molecule has 0 aromatic heterocycles. The number of carboxylic acids is 2. The van der Waals surface area contributed by atoms with Gasteiger partial charge in [-0.2, -0.15) is 0 Å². The van der Waals surface area contributed by atoms with Crippen LogP contribution in [0.2, 0.25) is 0 Å². The minimum atomic E-state index is -1.44. The van der Waals surface area contributed by atoms with E-state index >= 15 is 0 Å². The van der Waals surface area contributed by atoms with E-state index in [1.165, 1.54) is 0 Å². The molecule has 13 heavy (non-hydrogen) atoms. The first-order valence-corrected chi connectivity index (χ1v) is 5.65. The SMILES string of the molecule is O=C(O)C1(C(=O)O)CCC1.[NH]=[Pt]=[NH]. The molecule has 1 saturated carbocycles. The molecule has 4 N–H and O–H groups in total. The summed E-state index contributed by atoms with van der Waals surface area (Å²) in [5.74, 6) is -2.41. The van der Waals surface area contributed by atoms with E-state index in [1.54, 1.807) is 0 Å². The Morgan fingerprint density at radius 1 is 1.15 bits per heavy atom. The second kappa shape index (κ2) is 5.07. The van der Waals surface area contributed by atoms with Crippen LogP contribution in [0.4, 0.5) is 0 Å². The summed E-state index contributed by atoms with van der Waals surface area (Å²) in [6, 6.07) is 0. The van der Waals surface area contributed by atoms with Crippen LogP contribution in [-0.2, 0) is 27.8 Å². The van der Waals surface area contributed by atoms with Crippen molar-refractivity contribution in [2.24, 2.45) is 5.41 Å². The van der Waals surface area contributed by atoms with Crippen molar-refractivity contribution in [2.75, 3.05) is 0 Å². The molecule has 0 bridgehead atoms. The number of hydrogen-bond acceptors (Lipinski definition) is 4. The van der Waals surface area contributed by atoms with Crippen molar-refractivity contribution in [2.45, 2.75) is 19.3 Å². The van der Waals surface area contributed by atoms with Gasteiger partial charge in [-0.25, -0.2) is 0 Å². The first kappa shape index (κ1) is 12.2. The summed E-state index contributed by atoms with van der Waals surface area (Å²) in [5, 5.41) is 16.9. The molecule has 1 aliphatic rings. The molecule has 0 heterocycles. The minimum absolute atomic E-state index is 0.275. The van der Waals surface area contributed by atoms with Crippen LogP contribution in [0.25, 0.3) is 0 Å². The molecule has 1 rings (SSSR count). The van der Waals surface area contributed by atoms with E-state index in [0.29, 0.717) is 6.42 Å². The average Bonchev–Trinajstić information content (AvgIpc) is 1.82. The molecule has 78 valence electrons. The fourth-order valence-electron chi connectivity index (χ4n) is 1.05. The predicted molar refractivity (Wildman–Crippen MR) is 37.0 cm³/mol. The Hall–Kier alpha value is -0.772. The van der Waals surface area contributed by atoms with Crippen LogP contribution in [0.15, 0.2) is 0 Å². The molecule has 1 aliphatic carbocycles. The number of nitrogens with one attached hydrogen (secondary N) is 2. The van der Waals surface area contributed by atoms with Gasteiger partial charge < -0.3 is 10.2 Å². The Balaban J connectivity index is 0.000000424. The summed E-state index contributed by atoms with van der Waals surface area (Å²) >= 11 is -0.917. The van der Waals surface area contributed by atoms with Crippen molar-refractivity contribution < 1.29 is 38.0 Å².